The largest absolute Gasteiger partial charge is 0.484 e. The quantitative estimate of drug-likeness (QED) is 0.283. The van der Waals surface area contributed by atoms with Crippen molar-refractivity contribution in [2.75, 3.05) is 19.7 Å². The van der Waals surface area contributed by atoms with Crippen molar-refractivity contribution in [3.63, 3.8) is 0 Å². The third kappa shape index (κ3) is 6.26. The summed E-state index contributed by atoms with van der Waals surface area (Å²) in [6.45, 7) is 5.38. The molecule has 34 heavy (non-hydrogen) atoms. The molecule has 0 heterocycles. The monoisotopic (exact) mass is 491 g/mol. The van der Waals surface area contributed by atoms with Gasteiger partial charge in [0.05, 0.1) is 12.6 Å². The zero-order valence-electron chi connectivity index (χ0n) is 20.5. The van der Waals surface area contributed by atoms with Gasteiger partial charge in [-0.05, 0) is 91.4 Å². The van der Waals surface area contributed by atoms with Crippen molar-refractivity contribution in [1.82, 2.24) is 10.0 Å². The van der Waals surface area contributed by atoms with Crippen LogP contribution in [0.25, 0.3) is 0 Å². The van der Waals surface area contributed by atoms with Gasteiger partial charge >= 0.3 is 0 Å². The van der Waals surface area contributed by atoms with Gasteiger partial charge in [-0.15, -0.1) is 0 Å². The SMILES string of the molecule is CCCCNC(=O)COc1ccc2c(c1)CCC1C2CCC2(C)C(O)CCC12.NC(=O)CNS. The van der Waals surface area contributed by atoms with Crippen LogP contribution in [0.4, 0.5) is 0 Å². The predicted octanol–water partition coefficient (Wildman–Crippen LogP) is 3.10. The summed E-state index contributed by atoms with van der Waals surface area (Å²) in [6.07, 6.45) is 8.74. The van der Waals surface area contributed by atoms with Crippen molar-refractivity contribution in [1.29, 1.82) is 0 Å². The zero-order valence-corrected chi connectivity index (χ0v) is 21.4. The highest BCUT2D eigenvalue weighted by atomic mass is 32.1. The number of hydrogen-bond donors (Lipinski definition) is 5. The van der Waals surface area contributed by atoms with Gasteiger partial charge in [-0.1, -0.05) is 39.1 Å². The van der Waals surface area contributed by atoms with Crippen molar-refractivity contribution in [3.8, 4) is 5.75 Å². The molecule has 0 bridgehead atoms. The Morgan fingerprint density at radius 3 is 2.74 bits per heavy atom. The molecule has 0 radical (unpaired) electrons. The van der Waals surface area contributed by atoms with Gasteiger partial charge in [0.1, 0.15) is 5.75 Å². The molecular formula is C26H41N3O4S. The number of aliphatic hydroxyl groups is 1. The number of amides is 2. The smallest absolute Gasteiger partial charge is 0.257 e. The molecule has 1 aromatic carbocycles. The maximum Gasteiger partial charge on any atom is 0.257 e. The minimum absolute atomic E-state index is 0.0439. The second-order valence-corrected chi connectivity index (χ2v) is 10.5. The van der Waals surface area contributed by atoms with Gasteiger partial charge in [0, 0.05) is 6.54 Å². The maximum atomic E-state index is 11.9. The molecular weight excluding hydrogens is 450 g/mol. The van der Waals surface area contributed by atoms with Crippen LogP contribution in [-0.4, -0.2) is 42.7 Å². The Labute approximate surface area is 209 Å². The zero-order chi connectivity index (χ0) is 24.7. The third-order valence-electron chi connectivity index (χ3n) is 8.12. The lowest BCUT2D eigenvalue weighted by Gasteiger charge is -2.50. The van der Waals surface area contributed by atoms with Crippen LogP contribution >= 0.6 is 12.8 Å². The first kappa shape index (κ1) is 26.8. The summed E-state index contributed by atoms with van der Waals surface area (Å²) in [7, 11) is 0. The summed E-state index contributed by atoms with van der Waals surface area (Å²) in [5, 5.41) is 13.4. The van der Waals surface area contributed by atoms with Gasteiger partial charge in [-0.2, -0.15) is 0 Å². The van der Waals surface area contributed by atoms with E-state index < -0.39 is 5.91 Å². The Kier molecular flexibility index (Phi) is 9.68. The number of ether oxygens (including phenoxy) is 1. The number of nitrogens with two attached hydrogens (primary N) is 1. The molecule has 0 aromatic heterocycles. The average molecular weight is 492 g/mol. The first-order valence-corrected chi connectivity index (χ1v) is 13.1. The molecule has 0 aliphatic heterocycles. The number of rotatable bonds is 8. The summed E-state index contributed by atoms with van der Waals surface area (Å²) in [5.41, 5.74) is 7.67. The number of fused-ring (bicyclic) bond motifs is 5. The van der Waals surface area contributed by atoms with Crippen LogP contribution in [-0.2, 0) is 16.0 Å². The van der Waals surface area contributed by atoms with E-state index in [1.807, 2.05) is 6.07 Å². The molecule has 2 saturated carbocycles. The van der Waals surface area contributed by atoms with Crippen molar-refractivity contribution in [2.45, 2.75) is 77.2 Å². The van der Waals surface area contributed by atoms with E-state index in [0.717, 1.165) is 44.4 Å². The van der Waals surface area contributed by atoms with Gasteiger partial charge < -0.3 is 20.9 Å². The van der Waals surface area contributed by atoms with Gasteiger partial charge in [0.25, 0.3) is 5.91 Å². The first-order valence-electron chi connectivity index (χ1n) is 12.7. The fourth-order valence-electron chi connectivity index (χ4n) is 6.30. The molecule has 190 valence electrons. The molecule has 3 aliphatic carbocycles. The van der Waals surface area contributed by atoms with E-state index >= 15 is 0 Å². The number of carbonyl (C=O) groups is 2. The lowest BCUT2D eigenvalue weighted by molar-refractivity contribution is -0.123. The Balaban J connectivity index is 0.000000481. The minimum Gasteiger partial charge on any atom is -0.484 e. The van der Waals surface area contributed by atoms with Crippen LogP contribution in [0.2, 0.25) is 0 Å². The third-order valence-corrected chi connectivity index (χ3v) is 8.28. The Bertz CT molecular complexity index is 851. The van der Waals surface area contributed by atoms with E-state index in [4.69, 9.17) is 4.74 Å². The molecule has 8 heteroatoms. The van der Waals surface area contributed by atoms with Crippen LogP contribution in [0.3, 0.4) is 0 Å². The van der Waals surface area contributed by atoms with Crippen LogP contribution in [0.15, 0.2) is 18.2 Å². The fourth-order valence-corrected chi connectivity index (χ4v) is 6.46. The van der Waals surface area contributed by atoms with E-state index in [2.05, 4.69) is 54.6 Å². The Morgan fingerprint density at radius 1 is 1.26 bits per heavy atom. The highest BCUT2D eigenvalue weighted by Gasteiger charge is 2.54. The Morgan fingerprint density at radius 2 is 2.06 bits per heavy atom. The minimum atomic E-state index is -0.398. The molecule has 2 fully saturated rings. The number of unbranched alkanes of at least 4 members (excludes halogenated alkanes) is 1. The maximum absolute atomic E-state index is 11.9. The number of thiol groups is 1. The number of carbonyl (C=O) groups excluding carboxylic acids is 2. The fraction of sp³-hybridized carbons (Fsp3) is 0.692. The molecule has 5 unspecified atom stereocenters. The van der Waals surface area contributed by atoms with E-state index in [-0.39, 0.29) is 30.6 Å². The Hall–Kier alpha value is -1.77. The summed E-state index contributed by atoms with van der Waals surface area (Å²) >= 11 is 3.51. The molecule has 1 aromatic rings. The number of hydrogen-bond acceptors (Lipinski definition) is 6. The van der Waals surface area contributed by atoms with Crippen LogP contribution in [0, 0.1) is 17.3 Å². The summed E-state index contributed by atoms with van der Waals surface area (Å²) < 4.78 is 8.04. The topological polar surface area (TPSA) is 114 Å². The number of aryl methyl sites for hydroxylation is 1. The van der Waals surface area contributed by atoms with Crippen LogP contribution in [0.5, 0.6) is 5.75 Å². The molecule has 2 amide bonds. The second kappa shape index (κ2) is 12.3. The van der Waals surface area contributed by atoms with Gasteiger partial charge in [-0.3, -0.25) is 14.3 Å². The normalized spacial score (nSPS) is 29.1. The van der Waals surface area contributed by atoms with Gasteiger partial charge in [0.15, 0.2) is 6.61 Å². The second-order valence-electron chi connectivity index (χ2n) is 10.2. The van der Waals surface area contributed by atoms with E-state index in [9.17, 15) is 14.7 Å². The molecule has 4 rings (SSSR count). The number of nitrogens with one attached hydrogen (secondary N) is 2. The predicted molar refractivity (Wildman–Crippen MR) is 137 cm³/mol. The number of aliphatic hydroxyl groups excluding tert-OH is 1. The standard InChI is InChI=1S/C24H35NO3.C2H6N2OS/c1-3-4-13-25-23(27)15-28-17-6-8-18-16(14-17)5-7-20-19(18)11-12-24(2)21(20)9-10-22(24)26;3-2(5)1-4-6/h6,8,14,19-22,26H,3-5,7,9-13,15H2,1-2H3,(H,25,27);4,6H,1H2,(H2,3,5). The highest BCUT2D eigenvalue weighted by Crippen LogP contribution is 2.60. The summed E-state index contributed by atoms with van der Waals surface area (Å²) in [4.78, 5) is 21.6. The van der Waals surface area contributed by atoms with Crippen molar-refractivity contribution in [3.05, 3.63) is 29.3 Å². The molecule has 0 saturated heterocycles. The number of benzene rings is 1. The van der Waals surface area contributed by atoms with Gasteiger partial charge in [0.2, 0.25) is 5.91 Å². The van der Waals surface area contributed by atoms with E-state index in [1.165, 1.54) is 30.4 Å². The van der Waals surface area contributed by atoms with E-state index in [0.29, 0.717) is 17.8 Å². The number of primary amides is 1. The van der Waals surface area contributed by atoms with Crippen molar-refractivity contribution in [2.24, 2.45) is 23.0 Å². The molecule has 0 spiro atoms. The van der Waals surface area contributed by atoms with Crippen molar-refractivity contribution >= 4 is 24.6 Å². The van der Waals surface area contributed by atoms with E-state index in [1.54, 1.807) is 0 Å². The molecule has 5 atom stereocenters. The lowest BCUT2D eigenvalue weighted by atomic mass is 9.55. The summed E-state index contributed by atoms with van der Waals surface area (Å²) in [6, 6.07) is 6.44. The van der Waals surface area contributed by atoms with Crippen molar-refractivity contribution < 1.29 is 19.4 Å². The molecule has 7 nitrogen and oxygen atoms in total. The molecule has 5 N–H and O–H groups in total. The van der Waals surface area contributed by atoms with Crippen LogP contribution in [0.1, 0.15) is 75.8 Å². The average Bonchev–Trinajstić information content (AvgIpc) is 3.12. The first-order chi connectivity index (χ1) is 16.3. The lowest BCUT2D eigenvalue weighted by Crippen LogP contribution is -2.43. The summed E-state index contributed by atoms with van der Waals surface area (Å²) in [5.74, 6) is 2.36. The molecule has 3 aliphatic rings. The highest BCUT2D eigenvalue weighted by molar-refractivity contribution is 7.78. The van der Waals surface area contributed by atoms with Crippen LogP contribution < -0.4 is 20.5 Å². The van der Waals surface area contributed by atoms with Gasteiger partial charge in [-0.25, -0.2) is 0 Å².